The van der Waals surface area contributed by atoms with Crippen LogP contribution < -0.4 is 5.32 Å². The first-order valence-corrected chi connectivity index (χ1v) is 5.81. The van der Waals surface area contributed by atoms with Gasteiger partial charge in [-0.2, -0.15) is 0 Å². The molecule has 1 aliphatic carbocycles. The minimum Gasteiger partial charge on any atom is -0.478 e. The third kappa shape index (κ3) is 4.50. The fourth-order valence-electron chi connectivity index (χ4n) is 1.64. The molecule has 5 nitrogen and oxygen atoms in total. The largest absolute Gasteiger partial charge is 0.478 e. The number of alkyl carbamates (subject to hydrolysis) is 1. The van der Waals surface area contributed by atoms with Crippen molar-refractivity contribution in [1.29, 1.82) is 0 Å². The molecule has 0 aromatic carbocycles. The summed E-state index contributed by atoms with van der Waals surface area (Å²) in [6.45, 7) is 4.82. The van der Waals surface area contributed by atoms with Crippen molar-refractivity contribution in [3.8, 4) is 0 Å². The van der Waals surface area contributed by atoms with Gasteiger partial charge in [-0.3, -0.25) is 0 Å². The van der Waals surface area contributed by atoms with Crippen LogP contribution in [0.5, 0.6) is 0 Å². The van der Waals surface area contributed by atoms with Gasteiger partial charge in [0.05, 0.1) is 0 Å². The Bertz CT molecular complexity index is 412. The van der Waals surface area contributed by atoms with Gasteiger partial charge in [-0.05, 0) is 20.8 Å². The van der Waals surface area contributed by atoms with Crippen LogP contribution in [0.2, 0.25) is 0 Å². The van der Waals surface area contributed by atoms with E-state index in [1.165, 1.54) is 0 Å². The molecule has 0 aliphatic heterocycles. The normalized spacial score (nSPS) is 22.4. The summed E-state index contributed by atoms with van der Waals surface area (Å²) < 4.78 is 32.1. The average molecular weight is 277 g/mol. The molecule has 0 fully saturated rings. The molecular formula is C12H17F2NO4. The molecule has 0 saturated carbocycles. The van der Waals surface area contributed by atoms with Gasteiger partial charge in [-0.1, -0.05) is 6.08 Å². The van der Waals surface area contributed by atoms with Crippen LogP contribution in [-0.2, 0) is 9.53 Å². The monoisotopic (exact) mass is 277 g/mol. The lowest BCUT2D eigenvalue weighted by molar-refractivity contribution is -0.133. The maximum atomic E-state index is 13.6. The standard InChI is InChI=1S/C12H17F2NO4/c1-11(2,3)19-10(18)15-8-6-7(9(16)17)4-5-12(8,13)14/h4,8H,5-6H2,1-3H3,(H,15,18)(H,16,17)/t8-/m0/s1. The minimum atomic E-state index is -3.18. The van der Waals surface area contributed by atoms with Crippen molar-refractivity contribution in [1.82, 2.24) is 5.32 Å². The van der Waals surface area contributed by atoms with E-state index >= 15 is 0 Å². The van der Waals surface area contributed by atoms with Gasteiger partial charge >= 0.3 is 12.1 Å². The molecule has 1 aliphatic rings. The van der Waals surface area contributed by atoms with Crippen LogP contribution >= 0.6 is 0 Å². The van der Waals surface area contributed by atoms with E-state index in [-0.39, 0.29) is 5.57 Å². The van der Waals surface area contributed by atoms with Crippen molar-refractivity contribution in [3.05, 3.63) is 11.6 Å². The zero-order valence-electron chi connectivity index (χ0n) is 11.0. The number of amides is 1. The number of halogens is 2. The molecule has 0 aromatic rings. The molecule has 0 heterocycles. The molecule has 2 N–H and O–H groups in total. The number of ether oxygens (including phenoxy) is 1. The molecule has 108 valence electrons. The Labute approximate surface area is 109 Å². The Balaban J connectivity index is 2.73. The van der Waals surface area contributed by atoms with Crippen molar-refractivity contribution < 1.29 is 28.2 Å². The lowest BCUT2D eigenvalue weighted by Gasteiger charge is -2.31. The van der Waals surface area contributed by atoms with Gasteiger partial charge in [-0.25, -0.2) is 18.4 Å². The number of nitrogens with one attached hydrogen (secondary N) is 1. The van der Waals surface area contributed by atoms with Gasteiger partial charge in [0.25, 0.3) is 5.92 Å². The number of hydrogen-bond donors (Lipinski definition) is 2. The Morgan fingerprint density at radius 2 is 2.05 bits per heavy atom. The quantitative estimate of drug-likeness (QED) is 0.812. The van der Waals surface area contributed by atoms with Crippen LogP contribution in [0.1, 0.15) is 33.6 Å². The smallest absolute Gasteiger partial charge is 0.408 e. The topological polar surface area (TPSA) is 75.6 Å². The lowest BCUT2D eigenvalue weighted by atomic mass is 9.91. The first kappa shape index (κ1) is 15.4. The summed E-state index contributed by atoms with van der Waals surface area (Å²) in [6, 6.07) is -1.57. The number of carbonyl (C=O) groups excluding carboxylic acids is 1. The first-order chi connectivity index (χ1) is 8.51. The summed E-state index contributed by atoms with van der Waals surface area (Å²) in [5, 5.41) is 10.8. The number of aliphatic carboxylic acids is 1. The van der Waals surface area contributed by atoms with Gasteiger partial charge in [-0.15, -0.1) is 0 Å². The highest BCUT2D eigenvalue weighted by Crippen LogP contribution is 2.33. The average Bonchev–Trinajstić information content (AvgIpc) is 2.17. The predicted molar refractivity (Wildman–Crippen MR) is 63.1 cm³/mol. The zero-order chi connectivity index (χ0) is 14.8. The van der Waals surface area contributed by atoms with Crippen molar-refractivity contribution in [2.24, 2.45) is 0 Å². The van der Waals surface area contributed by atoms with Gasteiger partial charge in [0.15, 0.2) is 0 Å². The second-order valence-corrected chi connectivity index (χ2v) is 5.40. The molecule has 0 saturated heterocycles. The van der Waals surface area contributed by atoms with Gasteiger partial charge in [0.1, 0.15) is 11.6 Å². The number of rotatable bonds is 2. The van der Waals surface area contributed by atoms with E-state index in [0.717, 1.165) is 6.08 Å². The van der Waals surface area contributed by atoms with Crippen LogP contribution in [0.3, 0.4) is 0 Å². The van der Waals surface area contributed by atoms with Crippen LogP contribution in [-0.4, -0.2) is 34.7 Å². The molecule has 0 aromatic heterocycles. The number of allylic oxidation sites excluding steroid dienone is 1. The van der Waals surface area contributed by atoms with Crippen LogP contribution in [0.4, 0.5) is 13.6 Å². The summed E-state index contributed by atoms with van der Waals surface area (Å²) in [4.78, 5) is 22.2. The van der Waals surface area contributed by atoms with E-state index in [0.29, 0.717) is 0 Å². The van der Waals surface area contributed by atoms with Crippen molar-refractivity contribution in [2.45, 2.75) is 51.2 Å². The van der Waals surface area contributed by atoms with Crippen molar-refractivity contribution in [3.63, 3.8) is 0 Å². The molecule has 1 atom stereocenters. The molecule has 19 heavy (non-hydrogen) atoms. The Morgan fingerprint density at radius 3 is 2.53 bits per heavy atom. The predicted octanol–water partition coefficient (Wildman–Crippen LogP) is 2.32. The third-order valence-corrected chi connectivity index (χ3v) is 2.52. The van der Waals surface area contributed by atoms with Gasteiger partial charge < -0.3 is 15.2 Å². The molecule has 0 radical (unpaired) electrons. The first-order valence-electron chi connectivity index (χ1n) is 5.81. The molecule has 1 rings (SSSR count). The number of alkyl halides is 2. The van der Waals surface area contributed by atoms with Crippen molar-refractivity contribution >= 4 is 12.1 Å². The molecule has 1 amide bonds. The highest BCUT2D eigenvalue weighted by atomic mass is 19.3. The molecule has 0 bridgehead atoms. The highest BCUT2D eigenvalue weighted by Gasteiger charge is 2.44. The second kappa shape index (κ2) is 5.14. The Hall–Kier alpha value is -1.66. The van der Waals surface area contributed by atoms with E-state index in [9.17, 15) is 18.4 Å². The molecule has 7 heteroatoms. The molecule has 0 spiro atoms. The number of hydrogen-bond acceptors (Lipinski definition) is 3. The summed E-state index contributed by atoms with van der Waals surface area (Å²) in [5.41, 5.74) is -0.938. The summed E-state index contributed by atoms with van der Waals surface area (Å²) in [7, 11) is 0. The minimum absolute atomic E-state index is 0.132. The molecular weight excluding hydrogens is 260 g/mol. The summed E-state index contributed by atoms with van der Waals surface area (Å²) in [5.74, 6) is -4.44. The highest BCUT2D eigenvalue weighted by molar-refractivity contribution is 5.87. The number of carboxylic acids is 1. The molecule has 0 unspecified atom stereocenters. The third-order valence-electron chi connectivity index (χ3n) is 2.52. The second-order valence-electron chi connectivity index (χ2n) is 5.40. The summed E-state index contributed by atoms with van der Waals surface area (Å²) >= 11 is 0. The van der Waals surface area contributed by atoms with Crippen LogP contribution in [0.25, 0.3) is 0 Å². The maximum Gasteiger partial charge on any atom is 0.408 e. The SMILES string of the molecule is CC(C)(C)OC(=O)N[C@H]1CC(C(=O)O)=CCC1(F)F. The number of carboxylic acid groups (broad SMARTS) is 1. The Morgan fingerprint density at radius 1 is 1.47 bits per heavy atom. The fraction of sp³-hybridized carbons (Fsp3) is 0.667. The van der Waals surface area contributed by atoms with E-state index in [2.05, 4.69) is 0 Å². The summed E-state index contributed by atoms with van der Waals surface area (Å²) in [6.07, 6.45) is -1.14. The Kier molecular flexibility index (Phi) is 4.17. The zero-order valence-corrected chi connectivity index (χ0v) is 11.0. The van der Waals surface area contributed by atoms with E-state index in [1.54, 1.807) is 20.8 Å². The lowest BCUT2D eigenvalue weighted by Crippen LogP contribution is -2.50. The van der Waals surface area contributed by atoms with Gasteiger partial charge in [0, 0.05) is 18.4 Å². The number of carbonyl (C=O) groups is 2. The van der Waals surface area contributed by atoms with E-state index in [4.69, 9.17) is 9.84 Å². The fourth-order valence-corrected chi connectivity index (χ4v) is 1.64. The van der Waals surface area contributed by atoms with Crippen LogP contribution in [0, 0.1) is 0 Å². The van der Waals surface area contributed by atoms with E-state index in [1.807, 2.05) is 5.32 Å². The van der Waals surface area contributed by atoms with Crippen molar-refractivity contribution in [2.75, 3.05) is 0 Å². The maximum absolute atomic E-state index is 13.6. The van der Waals surface area contributed by atoms with Gasteiger partial charge in [0.2, 0.25) is 0 Å². The van der Waals surface area contributed by atoms with E-state index < -0.39 is 42.5 Å². The van der Waals surface area contributed by atoms with Crippen LogP contribution in [0.15, 0.2) is 11.6 Å².